The van der Waals surface area contributed by atoms with Gasteiger partial charge in [0.25, 0.3) is 0 Å². The van der Waals surface area contributed by atoms with Gasteiger partial charge in [-0.05, 0) is 44.4 Å². The van der Waals surface area contributed by atoms with Crippen LogP contribution in [0.15, 0.2) is 18.2 Å². The first kappa shape index (κ1) is 14.6. The fourth-order valence-electron chi connectivity index (χ4n) is 2.47. The van der Waals surface area contributed by atoms with Crippen molar-refractivity contribution in [2.24, 2.45) is 0 Å². The monoisotopic (exact) mass is 274 g/mol. The number of carbonyl (C=O) groups excluding carboxylic acids is 2. The van der Waals surface area contributed by atoms with Gasteiger partial charge < -0.3 is 10.2 Å². The Morgan fingerprint density at radius 3 is 2.65 bits per heavy atom. The fraction of sp³-hybridized carbons (Fsp3) is 0.500. The minimum atomic E-state index is -0.210. The van der Waals surface area contributed by atoms with Gasteiger partial charge in [0.05, 0.1) is 6.42 Å². The molecule has 1 heterocycles. The smallest absolute Gasteiger partial charge is 0.227 e. The van der Waals surface area contributed by atoms with Crippen molar-refractivity contribution in [3.8, 4) is 0 Å². The summed E-state index contributed by atoms with van der Waals surface area (Å²) in [5.41, 5.74) is 2.89. The molecule has 0 saturated heterocycles. The number of amides is 2. The molecule has 1 aliphatic heterocycles. The number of carbonyl (C=O) groups is 2. The van der Waals surface area contributed by atoms with Gasteiger partial charge in [-0.25, -0.2) is 0 Å². The molecule has 1 aromatic carbocycles. The number of hydrogen-bond acceptors (Lipinski definition) is 2. The van der Waals surface area contributed by atoms with Crippen molar-refractivity contribution in [3.63, 3.8) is 0 Å². The lowest BCUT2D eigenvalue weighted by Crippen LogP contribution is -2.41. The summed E-state index contributed by atoms with van der Waals surface area (Å²) < 4.78 is 0. The predicted octanol–water partition coefficient (Wildman–Crippen LogP) is 2.05. The Morgan fingerprint density at radius 2 is 2.00 bits per heavy atom. The van der Waals surface area contributed by atoms with Crippen LogP contribution in [0.2, 0.25) is 0 Å². The molecule has 0 spiro atoms. The summed E-state index contributed by atoms with van der Waals surface area (Å²) in [7, 11) is 1.80. The normalized spacial score (nSPS) is 15.0. The van der Waals surface area contributed by atoms with Gasteiger partial charge >= 0.3 is 0 Å². The van der Waals surface area contributed by atoms with Crippen molar-refractivity contribution in [1.29, 1.82) is 0 Å². The maximum atomic E-state index is 11.9. The fourth-order valence-corrected chi connectivity index (χ4v) is 2.47. The van der Waals surface area contributed by atoms with Crippen molar-refractivity contribution < 1.29 is 9.59 Å². The van der Waals surface area contributed by atoms with E-state index < -0.39 is 0 Å². The average Bonchev–Trinajstić information content (AvgIpc) is 2.31. The van der Waals surface area contributed by atoms with E-state index in [0.717, 1.165) is 23.2 Å². The van der Waals surface area contributed by atoms with Crippen LogP contribution < -0.4 is 10.2 Å². The van der Waals surface area contributed by atoms with Gasteiger partial charge in [-0.2, -0.15) is 0 Å². The Labute approximate surface area is 120 Å². The van der Waals surface area contributed by atoms with Crippen LogP contribution in [0.5, 0.6) is 0 Å². The molecule has 4 heteroatoms. The molecule has 0 bridgehead atoms. The van der Waals surface area contributed by atoms with Crippen molar-refractivity contribution in [1.82, 2.24) is 5.32 Å². The highest BCUT2D eigenvalue weighted by atomic mass is 16.2. The summed E-state index contributed by atoms with van der Waals surface area (Å²) in [6.07, 6.45) is 1.68. The molecule has 2 amide bonds. The number of fused-ring (bicyclic) bond motifs is 1. The first-order chi connectivity index (χ1) is 9.26. The number of benzene rings is 1. The van der Waals surface area contributed by atoms with Gasteiger partial charge in [0.2, 0.25) is 11.8 Å². The Morgan fingerprint density at radius 1 is 1.30 bits per heavy atom. The molecule has 0 unspecified atom stereocenters. The molecule has 1 aliphatic rings. The van der Waals surface area contributed by atoms with E-state index in [1.165, 1.54) is 0 Å². The van der Waals surface area contributed by atoms with Gasteiger partial charge in [0.15, 0.2) is 0 Å². The molecule has 2 rings (SSSR count). The summed E-state index contributed by atoms with van der Waals surface area (Å²) in [4.78, 5) is 25.3. The zero-order chi connectivity index (χ0) is 14.9. The van der Waals surface area contributed by atoms with Crippen LogP contribution in [0.4, 0.5) is 5.69 Å². The highest BCUT2D eigenvalue weighted by Gasteiger charge is 2.21. The van der Waals surface area contributed by atoms with E-state index in [4.69, 9.17) is 0 Å². The molecule has 0 saturated carbocycles. The summed E-state index contributed by atoms with van der Waals surface area (Å²) in [5, 5.41) is 2.96. The Kier molecular flexibility index (Phi) is 3.84. The second-order valence-electron chi connectivity index (χ2n) is 6.39. The Bertz CT molecular complexity index is 544. The minimum Gasteiger partial charge on any atom is -0.351 e. The molecule has 0 radical (unpaired) electrons. The lowest BCUT2D eigenvalue weighted by atomic mass is 9.97. The zero-order valence-electron chi connectivity index (χ0n) is 12.6. The van der Waals surface area contributed by atoms with Crippen LogP contribution in [0, 0.1) is 0 Å². The van der Waals surface area contributed by atoms with Gasteiger partial charge in [0.1, 0.15) is 0 Å². The van der Waals surface area contributed by atoms with E-state index in [1.807, 2.05) is 39.0 Å². The van der Waals surface area contributed by atoms with Crippen LogP contribution in [0.1, 0.15) is 38.3 Å². The molecule has 1 aromatic rings. The number of rotatable bonds is 2. The third-order valence-corrected chi connectivity index (χ3v) is 3.37. The largest absolute Gasteiger partial charge is 0.351 e. The number of anilines is 1. The van der Waals surface area contributed by atoms with Crippen molar-refractivity contribution in [3.05, 3.63) is 29.3 Å². The first-order valence-corrected chi connectivity index (χ1v) is 6.95. The molecule has 0 aromatic heterocycles. The van der Waals surface area contributed by atoms with Crippen LogP contribution in [-0.2, 0) is 22.4 Å². The lowest BCUT2D eigenvalue weighted by Gasteiger charge is -2.26. The van der Waals surface area contributed by atoms with Crippen LogP contribution in [-0.4, -0.2) is 24.4 Å². The summed E-state index contributed by atoms with van der Waals surface area (Å²) in [6.45, 7) is 5.91. The molecule has 0 atom stereocenters. The second-order valence-corrected chi connectivity index (χ2v) is 6.39. The molecule has 4 nitrogen and oxygen atoms in total. The van der Waals surface area contributed by atoms with E-state index in [-0.39, 0.29) is 17.4 Å². The van der Waals surface area contributed by atoms with Crippen molar-refractivity contribution in [2.45, 2.75) is 45.6 Å². The van der Waals surface area contributed by atoms with Gasteiger partial charge in [0, 0.05) is 24.7 Å². The van der Waals surface area contributed by atoms with Crippen LogP contribution in [0.25, 0.3) is 0 Å². The average molecular weight is 274 g/mol. The maximum Gasteiger partial charge on any atom is 0.227 e. The minimum absolute atomic E-state index is 0.0256. The number of nitrogens with zero attached hydrogens (tertiary/aromatic N) is 1. The van der Waals surface area contributed by atoms with Crippen molar-refractivity contribution in [2.75, 3.05) is 11.9 Å². The topological polar surface area (TPSA) is 49.4 Å². The van der Waals surface area contributed by atoms with E-state index in [0.29, 0.717) is 12.8 Å². The van der Waals surface area contributed by atoms with E-state index in [1.54, 1.807) is 11.9 Å². The van der Waals surface area contributed by atoms with Crippen LogP contribution >= 0.6 is 0 Å². The third-order valence-electron chi connectivity index (χ3n) is 3.37. The SMILES string of the molecule is CN1C(=O)CCc2cc(CC(=O)NC(C)(C)C)ccc21. The highest BCUT2D eigenvalue weighted by molar-refractivity contribution is 5.96. The quantitative estimate of drug-likeness (QED) is 0.897. The molecule has 20 heavy (non-hydrogen) atoms. The molecule has 1 N–H and O–H groups in total. The van der Waals surface area contributed by atoms with Crippen LogP contribution in [0.3, 0.4) is 0 Å². The molecule has 108 valence electrons. The third kappa shape index (κ3) is 3.38. The Balaban J connectivity index is 2.12. The van der Waals surface area contributed by atoms with E-state index >= 15 is 0 Å². The summed E-state index contributed by atoms with van der Waals surface area (Å²) in [5.74, 6) is 0.174. The summed E-state index contributed by atoms with van der Waals surface area (Å²) in [6, 6.07) is 5.91. The molecule has 0 fully saturated rings. The van der Waals surface area contributed by atoms with Gasteiger partial charge in [-0.15, -0.1) is 0 Å². The number of nitrogens with one attached hydrogen (secondary N) is 1. The molecular weight excluding hydrogens is 252 g/mol. The van der Waals surface area contributed by atoms with E-state index in [9.17, 15) is 9.59 Å². The molecular formula is C16H22N2O2. The van der Waals surface area contributed by atoms with Crippen molar-refractivity contribution >= 4 is 17.5 Å². The second kappa shape index (κ2) is 5.27. The van der Waals surface area contributed by atoms with Gasteiger partial charge in [-0.1, -0.05) is 12.1 Å². The standard InChI is InChI=1S/C16H22N2O2/c1-16(2,3)17-14(19)10-11-5-7-13-12(9-11)6-8-15(20)18(13)4/h5,7,9H,6,8,10H2,1-4H3,(H,17,19). The van der Waals surface area contributed by atoms with Gasteiger partial charge in [-0.3, -0.25) is 9.59 Å². The van der Waals surface area contributed by atoms with E-state index in [2.05, 4.69) is 5.32 Å². The maximum absolute atomic E-state index is 11.9. The number of aryl methyl sites for hydroxylation is 1. The zero-order valence-corrected chi connectivity index (χ0v) is 12.6. The summed E-state index contributed by atoms with van der Waals surface area (Å²) >= 11 is 0. The first-order valence-electron chi connectivity index (χ1n) is 6.95. The number of hydrogen-bond donors (Lipinski definition) is 1. The Hall–Kier alpha value is -1.84. The predicted molar refractivity (Wildman–Crippen MR) is 79.8 cm³/mol. The highest BCUT2D eigenvalue weighted by Crippen LogP contribution is 2.27. The molecule has 0 aliphatic carbocycles. The lowest BCUT2D eigenvalue weighted by molar-refractivity contribution is -0.122.